The van der Waals surface area contributed by atoms with E-state index in [0.29, 0.717) is 11.5 Å². The molecule has 7 heteroatoms. The van der Waals surface area contributed by atoms with Crippen LogP contribution < -0.4 is 15.2 Å². The Hall–Kier alpha value is -2.25. The van der Waals surface area contributed by atoms with E-state index < -0.39 is 18.0 Å². The van der Waals surface area contributed by atoms with Gasteiger partial charge < -0.3 is 24.4 Å². The number of rotatable bonds is 4. The van der Waals surface area contributed by atoms with Crippen molar-refractivity contribution in [2.75, 3.05) is 5.75 Å². The Morgan fingerprint density at radius 3 is 2.64 bits per heavy atom. The Kier molecular flexibility index (Phi) is 4.17. The second kappa shape index (κ2) is 6.25. The fourth-order valence-electron chi connectivity index (χ4n) is 2.16. The van der Waals surface area contributed by atoms with E-state index in [1.807, 2.05) is 12.1 Å². The van der Waals surface area contributed by atoms with Crippen LogP contribution in [0.5, 0.6) is 5.75 Å². The molecule has 1 aromatic carbocycles. The van der Waals surface area contributed by atoms with Gasteiger partial charge in [-0.05, 0) is 36.4 Å². The number of nitrogens with two attached hydrogens (primary N) is 1. The minimum Gasteiger partial charge on any atom is -0.544 e. The van der Waals surface area contributed by atoms with E-state index in [1.165, 1.54) is 12.3 Å². The minimum absolute atomic E-state index is 0.0118. The Morgan fingerprint density at radius 1 is 1.27 bits per heavy atom. The molecule has 22 heavy (non-hydrogen) atoms. The molecule has 1 aromatic heterocycles. The summed E-state index contributed by atoms with van der Waals surface area (Å²) in [4.78, 5) is 22.6. The van der Waals surface area contributed by atoms with E-state index in [-0.39, 0.29) is 11.1 Å². The van der Waals surface area contributed by atoms with Gasteiger partial charge in [0, 0.05) is 5.56 Å². The fraction of sp³-hybridized carbons (Fsp3) is 0.200. The first-order valence-electron chi connectivity index (χ1n) is 6.66. The van der Waals surface area contributed by atoms with Crippen molar-refractivity contribution in [3.8, 4) is 5.75 Å². The fourth-order valence-corrected chi connectivity index (χ4v) is 3.47. The number of carbonyl (C=O) groups excluding carboxylic acids is 2. The molecule has 0 bridgehead atoms. The van der Waals surface area contributed by atoms with Gasteiger partial charge in [-0.1, -0.05) is 11.8 Å². The van der Waals surface area contributed by atoms with Crippen LogP contribution in [0.4, 0.5) is 0 Å². The number of esters is 1. The number of quaternary nitrogens is 1. The van der Waals surface area contributed by atoms with Gasteiger partial charge in [-0.2, -0.15) is 0 Å². The highest BCUT2D eigenvalue weighted by Gasteiger charge is 2.30. The average Bonchev–Trinajstić information content (AvgIpc) is 3.20. The molecule has 1 fully saturated rings. The van der Waals surface area contributed by atoms with Gasteiger partial charge >= 0.3 is 5.97 Å². The smallest absolute Gasteiger partial charge is 0.379 e. The largest absolute Gasteiger partial charge is 0.544 e. The third-order valence-electron chi connectivity index (χ3n) is 3.31. The number of thioether (sulfide) groups is 1. The lowest BCUT2D eigenvalue weighted by molar-refractivity contribution is -0.690. The van der Waals surface area contributed by atoms with Crippen LogP contribution in [-0.2, 0) is 4.79 Å². The number of hydrogen-bond donors (Lipinski definition) is 1. The van der Waals surface area contributed by atoms with Gasteiger partial charge in [0.05, 0.1) is 12.0 Å². The highest BCUT2D eigenvalue weighted by Crippen LogP contribution is 2.28. The van der Waals surface area contributed by atoms with E-state index in [0.717, 1.165) is 5.56 Å². The molecule has 2 N–H and O–H groups in total. The molecule has 2 heterocycles. The molecule has 0 spiro atoms. The van der Waals surface area contributed by atoms with Crippen molar-refractivity contribution in [2.45, 2.75) is 11.4 Å². The molecule has 3 rings (SSSR count). The predicted molar refractivity (Wildman–Crippen MR) is 76.0 cm³/mol. The first-order valence-corrected chi connectivity index (χ1v) is 7.71. The zero-order valence-electron chi connectivity index (χ0n) is 11.4. The molecule has 1 saturated heterocycles. The maximum atomic E-state index is 11.7. The van der Waals surface area contributed by atoms with Crippen molar-refractivity contribution in [3.63, 3.8) is 0 Å². The van der Waals surface area contributed by atoms with Gasteiger partial charge in [0.2, 0.25) is 5.76 Å². The summed E-state index contributed by atoms with van der Waals surface area (Å²) in [7, 11) is 0. The molecular formula is C15H13NO5S. The molecule has 6 nitrogen and oxygen atoms in total. The van der Waals surface area contributed by atoms with Gasteiger partial charge in [0.25, 0.3) is 0 Å². The van der Waals surface area contributed by atoms with Crippen LogP contribution in [0, 0.1) is 0 Å². The summed E-state index contributed by atoms with van der Waals surface area (Å²) in [6.45, 7) is 0. The lowest BCUT2D eigenvalue weighted by atomic mass is 10.2. The number of carboxylic acid groups (broad SMARTS) is 1. The van der Waals surface area contributed by atoms with Crippen LogP contribution in [0.1, 0.15) is 21.5 Å². The number of carbonyl (C=O) groups is 2. The molecule has 0 amide bonds. The zero-order chi connectivity index (χ0) is 15.5. The molecule has 2 atom stereocenters. The van der Waals surface area contributed by atoms with Gasteiger partial charge in [0.15, 0.2) is 5.37 Å². The van der Waals surface area contributed by atoms with E-state index in [4.69, 9.17) is 9.15 Å². The van der Waals surface area contributed by atoms with Crippen LogP contribution in [0.3, 0.4) is 0 Å². The van der Waals surface area contributed by atoms with Gasteiger partial charge in [-0.15, -0.1) is 0 Å². The maximum absolute atomic E-state index is 11.7. The van der Waals surface area contributed by atoms with E-state index in [9.17, 15) is 14.7 Å². The lowest BCUT2D eigenvalue weighted by Gasteiger charge is -2.11. The Morgan fingerprint density at radius 2 is 2.05 bits per heavy atom. The molecule has 2 aromatic rings. The SMILES string of the molecule is O=C(Oc1ccc([C@H]2[NH2+][C@@H](C(=O)[O-])CS2)cc1)c1ccco1. The number of aliphatic carboxylic acids is 1. The molecule has 0 saturated carbocycles. The molecule has 1 aliphatic rings. The van der Waals surface area contributed by atoms with Crippen LogP contribution in [0.2, 0.25) is 0 Å². The van der Waals surface area contributed by atoms with Gasteiger partial charge in [-0.25, -0.2) is 4.79 Å². The second-order valence-electron chi connectivity index (χ2n) is 4.81. The second-order valence-corrected chi connectivity index (χ2v) is 5.98. The van der Waals surface area contributed by atoms with Crippen molar-refractivity contribution in [2.24, 2.45) is 0 Å². The number of carboxylic acids is 1. The van der Waals surface area contributed by atoms with E-state index in [1.54, 1.807) is 35.3 Å². The first kappa shape index (κ1) is 14.7. The predicted octanol–water partition coefficient (Wildman–Crippen LogP) is -0.0739. The van der Waals surface area contributed by atoms with Crippen LogP contribution in [0.15, 0.2) is 47.1 Å². The monoisotopic (exact) mass is 319 g/mol. The van der Waals surface area contributed by atoms with Crippen molar-refractivity contribution in [1.29, 1.82) is 0 Å². The summed E-state index contributed by atoms with van der Waals surface area (Å²) in [6, 6.07) is 9.61. The summed E-state index contributed by atoms with van der Waals surface area (Å²) >= 11 is 1.55. The summed E-state index contributed by atoms with van der Waals surface area (Å²) in [5.41, 5.74) is 0.964. The van der Waals surface area contributed by atoms with Crippen molar-refractivity contribution in [3.05, 3.63) is 54.0 Å². The Balaban J connectivity index is 1.63. The average molecular weight is 319 g/mol. The molecule has 114 valence electrons. The molecule has 0 aliphatic carbocycles. The standard InChI is InChI=1S/C15H13NO5S/c17-14(18)11-8-22-13(16-11)9-3-5-10(6-4-9)21-15(19)12-2-1-7-20-12/h1-7,11,13,16H,8H2,(H,17,18)/t11-,13+/m1/s1. The molecule has 0 unspecified atom stereocenters. The van der Waals surface area contributed by atoms with Crippen LogP contribution >= 0.6 is 11.8 Å². The number of hydrogen-bond acceptors (Lipinski definition) is 6. The topological polar surface area (TPSA) is 96.2 Å². The van der Waals surface area contributed by atoms with Crippen molar-refractivity contribution >= 4 is 23.7 Å². The van der Waals surface area contributed by atoms with Crippen LogP contribution in [0.25, 0.3) is 0 Å². The van der Waals surface area contributed by atoms with E-state index in [2.05, 4.69) is 0 Å². The third kappa shape index (κ3) is 3.15. The minimum atomic E-state index is -1.04. The molecule has 0 radical (unpaired) electrons. The Labute approximate surface area is 130 Å². The van der Waals surface area contributed by atoms with Crippen LogP contribution in [-0.4, -0.2) is 23.7 Å². The molecule has 1 aliphatic heterocycles. The summed E-state index contributed by atoms with van der Waals surface area (Å²) in [6.07, 6.45) is 1.40. The zero-order valence-corrected chi connectivity index (χ0v) is 12.2. The van der Waals surface area contributed by atoms with E-state index >= 15 is 0 Å². The summed E-state index contributed by atoms with van der Waals surface area (Å²) in [5.74, 6) is -0.539. The number of ether oxygens (including phenoxy) is 1. The van der Waals surface area contributed by atoms with Gasteiger partial charge in [0.1, 0.15) is 17.8 Å². The summed E-state index contributed by atoms with van der Waals surface area (Å²) < 4.78 is 10.1. The van der Waals surface area contributed by atoms with Crippen molar-refractivity contribution in [1.82, 2.24) is 0 Å². The lowest BCUT2D eigenvalue weighted by Crippen LogP contribution is -2.90. The molecular weight excluding hydrogens is 306 g/mol. The highest BCUT2D eigenvalue weighted by atomic mass is 32.2. The third-order valence-corrected chi connectivity index (χ3v) is 4.65. The highest BCUT2D eigenvalue weighted by molar-refractivity contribution is 7.99. The van der Waals surface area contributed by atoms with Gasteiger partial charge in [-0.3, -0.25) is 0 Å². The Bertz CT molecular complexity index is 668. The number of benzene rings is 1. The first-order chi connectivity index (χ1) is 10.6. The quantitative estimate of drug-likeness (QED) is 0.626. The van der Waals surface area contributed by atoms with Crippen molar-refractivity contribution < 1.29 is 29.2 Å². The number of furan rings is 1. The summed E-state index contributed by atoms with van der Waals surface area (Å²) in [5, 5.41) is 12.6. The normalized spacial score (nSPS) is 20.7. The maximum Gasteiger partial charge on any atom is 0.379 e.